The first-order valence-electron chi connectivity index (χ1n) is 10.3. The Kier molecular flexibility index (Phi) is 7.27. The van der Waals surface area contributed by atoms with E-state index in [9.17, 15) is 9.59 Å². The molecule has 1 aromatic rings. The van der Waals surface area contributed by atoms with Crippen molar-refractivity contribution >= 4 is 11.9 Å². The second-order valence-electron chi connectivity index (χ2n) is 7.95. The van der Waals surface area contributed by atoms with Gasteiger partial charge in [0.2, 0.25) is 0 Å². The lowest BCUT2D eigenvalue weighted by Gasteiger charge is -2.29. The Labute approximate surface area is 162 Å². The number of carbonyl (C=O) groups excluding carboxylic acids is 2. The number of hydrogen-bond donors (Lipinski definition) is 2. The summed E-state index contributed by atoms with van der Waals surface area (Å²) in [5.74, 6) is 1.09. The summed E-state index contributed by atoms with van der Waals surface area (Å²) in [4.78, 5) is 23.8. The normalized spacial score (nSPS) is 23.6. The molecule has 1 heterocycles. The molecule has 0 unspecified atom stereocenters. The molecule has 3 rings (SSSR count). The van der Waals surface area contributed by atoms with Gasteiger partial charge in [-0.2, -0.15) is 0 Å². The van der Waals surface area contributed by atoms with Crippen molar-refractivity contribution in [2.45, 2.75) is 63.3 Å². The van der Waals surface area contributed by atoms with Gasteiger partial charge in [-0.05, 0) is 87.6 Å². The lowest BCUT2D eigenvalue weighted by atomic mass is 9.83. The third kappa shape index (κ3) is 5.80. The zero-order valence-corrected chi connectivity index (χ0v) is 16.3. The van der Waals surface area contributed by atoms with Crippen LogP contribution < -0.4 is 10.6 Å². The van der Waals surface area contributed by atoms with Crippen molar-refractivity contribution in [2.75, 3.05) is 20.2 Å². The second-order valence-corrected chi connectivity index (χ2v) is 7.95. The van der Waals surface area contributed by atoms with Crippen LogP contribution >= 0.6 is 0 Å². The summed E-state index contributed by atoms with van der Waals surface area (Å²) in [5, 5.41) is 6.58. The fraction of sp³-hybridized carbons (Fsp3) is 0.636. The molecule has 27 heavy (non-hydrogen) atoms. The quantitative estimate of drug-likeness (QED) is 0.751. The summed E-state index contributed by atoms with van der Waals surface area (Å²) < 4.78 is 4.71. The van der Waals surface area contributed by atoms with Crippen molar-refractivity contribution < 1.29 is 14.3 Å². The minimum Gasteiger partial charge on any atom is -0.469 e. The Morgan fingerprint density at radius 3 is 2.33 bits per heavy atom. The smallest absolute Gasteiger partial charge is 0.305 e. The summed E-state index contributed by atoms with van der Waals surface area (Å²) in [5.41, 5.74) is 2.10. The zero-order chi connectivity index (χ0) is 19.1. The van der Waals surface area contributed by atoms with E-state index >= 15 is 0 Å². The monoisotopic (exact) mass is 372 g/mol. The SMILES string of the molecule is COC(=O)CC[C@H]1CC[C@H](NC(=O)c2ccc(C3CCNCC3)cc2)CC1. The molecule has 1 aliphatic carbocycles. The summed E-state index contributed by atoms with van der Waals surface area (Å²) in [6.45, 7) is 2.16. The van der Waals surface area contributed by atoms with E-state index in [0.29, 0.717) is 18.3 Å². The van der Waals surface area contributed by atoms with Crippen molar-refractivity contribution in [3.05, 3.63) is 35.4 Å². The summed E-state index contributed by atoms with van der Waals surface area (Å²) in [6.07, 6.45) is 7.85. The van der Waals surface area contributed by atoms with Gasteiger partial charge in [-0.15, -0.1) is 0 Å². The van der Waals surface area contributed by atoms with Gasteiger partial charge in [0.1, 0.15) is 0 Å². The van der Waals surface area contributed by atoms with Crippen LogP contribution in [0.5, 0.6) is 0 Å². The Morgan fingerprint density at radius 1 is 1.04 bits per heavy atom. The molecule has 2 N–H and O–H groups in total. The Hall–Kier alpha value is -1.88. The Balaban J connectivity index is 1.43. The van der Waals surface area contributed by atoms with Gasteiger partial charge < -0.3 is 15.4 Å². The fourth-order valence-corrected chi connectivity index (χ4v) is 4.35. The van der Waals surface area contributed by atoms with Gasteiger partial charge in [-0.1, -0.05) is 12.1 Å². The lowest BCUT2D eigenvalue weighted by Crippen LogP contribution is -2.37. The maximum absolute atomic E-state index is 12.6. The highest BCUT2D eigenvalue weighted by Gasteiger charge is 2.23. The molecule has 1 aromatic carbocycles. The van der Waals surface area contributed by atoms with Crippen LogP contribution in [-0.2, 0) is 9.53 Å². The topological polar surface area (TPSA) is 67.4 Å². The van der Waals surface area contributed by atoms with E-state index in [1.54, 1.807) is 0 Å². The molecule has 0 aromatic heterocycles. The molecule has 0 atom stereocenters. The van der Waals surface area contributed by atoms with Gasteiger partial charge >= 0.3 is 5.97 Å². The molecule has 5 nitrogen and oxygen atoms in total. The fourth-order valence-electron chi connectivity index (χ4n) is 4.35. The van der Waals surface area contributed by atoms with Crippen LogP contribution in [-0.4, -0.2) is 38.1 Å². The minimum absolute atomic E-state index is 0.0323. The van der Waals surface area contributed by atoms with Crippen molar-refractivity contribution in [1.82, 2.24) is 10.6 Å². The number of benzene rings is 1. The Morgan fingerprint density at radius 2 is 1.70 bits per heavy atom. The number of amides is 1. The Bertz CT molecular complexity index is 615. The number of carbonyl (C=O) groups is 2. The number of methoxy groups -OCH3 is 1. The summed E-state index contributed by atoms with van der Waals surface area (Å²) in [7, 11) is 1.44. The molecule has 2 fully saturated rings. The highest BCUT2D eigenvalue weighted by molar-refractivity contribution is 5.94. The predicted octanol–water partition coefficient (Wildman–Crippen LogP) is 3.40. The molecule has 0 spiro atoms. The van der Waals surface area contributed by atoms with Crippen LogP contribution in [0.25, 0.3) is 0 Å². The van der Waals surface area contributed by atoms with Crippen LogP contribution in [0.15, 0.2) is 24.3 Å². The molecule has 1 amide bonds. The van der Waals surface area contributed by atoms with Gasteiger partial charge in [0.05, 0.1) is 7.11 Å². The van der Waals surface area contributed by atoms with E-state index in [-0.39, 0.29) is 17.9 Å². The number of piperidine rings is 1. The number of hydrogen-bond acceptors (Lipinski definition) is 4. The van der Waals surface area contributed by atoms with E-state index in [1.165, 1.54) is 25.5 Å². The number of rotatable bonds is 6. The highest BCUT2D eigenvalue weighted by atomic mass is 16.5. The van der Waals surface area contributed by atoms with Gasteiger partial charge in [0.15, 0.2) is 0 Å². The largest absolute Gasteiger partial charge is 0.469 e. The molecule has 1 saturated heterocycles. The van der Waals surface area contributed by atoms with E-state index in [2.05, 4.69) is 22.8 Å². The summed E-state index contributed by atoms with van der Waals surface area (Å²) >= 11 is 0. The van der Waals surface area contributed by atoms with Crippen LogP contribution in [0.1, 0.15) is 73.2 Å². The molecular formula is C22H32N2O3. The molecule has 0 radical (unpaired) electrons. The molecule has 0 bridgehead atoms. The van der Waals surface area contributed by atoms with Crippen LogP contribution in [0.3, 0.4) is 0 Å². The third-order valence-electron chi connectivity index (χ3n) is 6.15. The van der Waals surface area contributed by atoms with Crippen molar-refractivity contribution in [3.8, 4) is 0 Å². The average molecular weight is 373 g/mol. The van der Waals surface area contributed by atoms with Gasteiger partial charge in [0, 0.05) is 18.0 Å². The maximum Gasteiger partial charge on any atom is 0.305 e. The number of esters is 1. The third-order valence-corrected chi connectivity index (χ3v) is 6.15. The van der Waals surface area contributed by atoms with Crippen LogP contribution in [0, 0.1) is 5.92 Å². The maximum atomic E-state index is 12.6. The minimum atomic E-state index is -0.127. The first-order valence-corrected chi connectivity index (χ1v) is 10.3. The molecule has 1 saturated carbocycles. The van der Waals surface area contributed by atoms with Crippen molar-refractivity contribution in [2.24, 2.45) is 5.92 Å². The first-order chi connectivity index (χ1) is 13.2. The number of ether oxygens (including phenoxy) is 1. The molecule has 148 valence electrons. The lowest BCUT2D eigenvalue weighted by molar-refractivity contribution is -0.141. The number of nitrogens with one attached hydrogen (secondary N) is 2. The second kappa shape index (κ2) is 9.88. The first kappa shape index (κ1) is 19.9. The van der Waals surface area contributed by atoms with E-state index in [4.69, 9.17) is 4.74 Å². The van der Waals surface area contributed by atoms with E-state index in [0.717, 1.165) is 50.8 Å². The van der Waals surface area contributed by atoms with E-state index < -0.39 is 0 Å². The summed E-state index contributed by atoms with van der Waals surface area (Å²) in [6, 6.07) is 8.42. The average Bonchev–Trinajstić information content (AvgIpc) is 2.73. The molecule has 5 heteroatoms. The van der Waals surface area contributed by atoms with Gasteiger partial charge in [-0.25, -0.2) is 0 Å². The zero-order valence-electron chi connectivity index (χ0n) is 16.3. The molecular weight excluding hydrogens is 340 g/mol. The van der Waals surface area contributed by atoms with Gasteiger partial charge in [-0.3, -0.25) is 9.59 Å². The van der Waals surface area contributed by atoms with Gasteiger partial charge in [0.25, 0.3) is 5.91 Å². The highest BCUT2D eigenvalue weighted by Crippen LogP contribution is 2.28. The van der Waals surface area contributed by atoms with Crippen LogP contribution in [0.4, 0.5) is 0 Å². The molecule has 2 aliphatic rings. The van der Waals surface area contributed by atoms with E-state index in [1.807, 2.05) is 12.1 Å². The van der Waals surface area contributed by atoms with Crippen molar-refractivity contribution in [1.29, 1.82) is 0 Å². The standard InChI is InChI=1S/C22H32N2O3/c1-27-21(25)11-4-16-2-9-20(10-3-16)24-22(26)19-7-5-17(6-8-19)18-12-14-23-15-13-18/h5-8,16,18,20,23H,2-4,9-15H2,1H3,(H,24,26)/t16-,20-. The predicted molar refractivity (Wildman–Crippen MR) is 106 cm³/mol. The van der Waals surface area contributed by atoms with Crippen LogP contribution in [0.2, 0.25) is 0 Å². The molecule has 1 aliphatic heterocycles. The van der Waals surface area contributed by atoms with Crippen molar-refractivity contribution in [3.63, 3.8) is 0 Å².